The summed E-state index contributed by atoms with van der Waals surface area (Å²) in [5, 5.41) is 5.93. The van der Waals surface area contributed by atoms with Gasteiger partial charge in [-0.1, -0.05) is 36.4 Å². The number of pyridine rings is 1. The number of rotatable bonds is 12. The van der Waals surface area contributed by atoms with Crippen LogP contribution in [0.15, 0.2) is 79.5 Å². The van der Waals surface area contributed by atoms with Crippen LogP contribution in [0.5, 0.6) is 17.2 Å². The molecule has 3 atom stereocenters. The number of phosphoric acid groups is 1. The molecular weight excluding hydrogens is 666 g/mol. The van der Waals surface area contributed by atoms with Crippen molar-refractivity contribution in [2.24, 2.45) is 0 Å². The van der Waals surface area contributed by atoms with Gasteiger partial charge in [0, 0.05) is 31.3 Å². The predicted octanol–water partition coefficient (Wildman–Crippen LogP) is -1.32. The molecular formula is C32H36N6NaO9P. The number of urea groups is 1. The third-order valence-corrected chi connectivity index (χ3v) is 8.39. The first-order chi connectivity index (χ1) is 23.0. The standard InChI is InChI=1S/C32H37N6O9P.Na/c1-4-16-36-21-29(39)37-26(17-22-11-13-25(14-12-22)47-48(42,43)44)31(40)35(19-23-8-7-10-27(45-2)30(23)46-3)20-28(37)38(36)32(41)34-18-24-9-5-6-15-33-24;/h4-15,26,28H,1,16-21H2,2-3H3,(H,34,41)(H2,42,43,44);/q;+1/p-1/t26-,28-;/m0./s1. The Morgan fingerprint density at radius 1 is 1.12 bits per heavy atom. The third-order valence-electron chi connectivity index (χ3n) is 7.94. The fourth-order valence-corrected chi connectivity index (χ4v) is 6.31. The van der Waals surface area contributed by atoms with Crippen molar-refractivity contribution in [1.29, 1.82) is 0 Å². The van der Waals surface area contributed by atoms with Crippen LogP contribution in [0.2, 0.25) is 0 Å². The Bertz CT molecular complexity index is 1690. The Labute approximate surface area is 305 Å². The van der Waals surface area contributed by atoms with Gasteiger partial charge in [0.2, 0.25) is 11.8 Å². The average molecular weight is 703 g/mol. The number of nitrogens with one attached hydrogen (secondary N) is 1. The molecule has 0 radical (unpaired) electrons. The Morgan fingerprint density at radius 2 is 1.88 bits per heavy atom. The molecule has 0 spiro atoms. The molecule has 2 aromatic carbocycles. The SMILES string of the molecule is C=CCN1CC(=O)N2[C@@H](Cc3ccc(OP(=O)([O-])O)cc3)C(=O)N(Cc3cccc(OC)c3OC)C[C@@H]2N1C(=O)NCc1ccccn1.[Na+]. The van der Waals surface area contributed by atoms with Gasteiger partial charge in [-0.2, -0.15) is 0 Å². The maximum absolute atomic E-state index is 14.3. The minimum atomic E-state index is -5.03. The van der Waals surface area contributed by atoms with Crippen molar-refractivity contribution >= 4 is 25.7 Å². The number of carbonyl (C=O) groups excluding carboxylic acids is 3. The number of hydrogen-bond acceptors (Lipinski definition) is 10. The number of benzene rings is 2. The van der Waals surface area contributed by atoms with E-state index in [-0.39, 0.29) is 86.3 Å². The maximum atomic E-state index is 14.3. The monoisotopic (exact) mass is 702 g/mol. The van der Waals surface area contributed by atoms with E-state index in [0.717, 1.165) is 0 Å². The molecule has 0 saturated carbocycles. The fourth-order valence-electron chi connectivity index (χ4n) is 5.92. The number of hydrazine groups is 1. The van der Waals surface area contributed by atoms with Crippen molar-refractivity contribution in [3.8, 4) is 17.2 Å². The molecule has 1 unspecified atom stereocenters. The summed E-state index contributed by atoms with van der Waals surface area (Å²) in [5.41, 5.74) is 1.86. The largest absolute Gasteiger partial charge is 1.00 e. The number of phosphoric ester groups is 1. The van der Waals surface area contributed by atoms with Gasteiger partial charge in [-0.3, -0.25) is 19.1 Å². The molecule has 2 aliphatic heterocycles. The minimum absolute atomic E-state index is 0. The molecule has 17 heteroatoms. The molecule has 5 rings (SSSR count). The van der Waals surface area contributed by atoms with Gasteiger partial charge in [0.1, 0.15) is 18.0 Å². The fraction of sp³-hybridized carbons (Fsp3) is 0.312. The second-order valence-electron chi connectivity index (χ2n) is 11.0. The summed E-state index contributed by atoms with van der Waals surface area (Å²) in [4.78, 5) is 69.6. The molecule has 3 aromatic rings. The molecule has 2 fully saturated rings. The Kier molecular flexibility index (Phi) is 12.9. The van der Waals surface area contributed by atoms with Gasteiger partial charge < -0.3 is 38.9 Å². The molecule has 15 nitrogen and oxygen atoms in total. The Hall–Kier alpha value is -3.95. The van der Waals surface area contributed by atoms with Crippen LogP contribution in [0.25, 0.3) is 0 Å². The van der Waals surface area contributed by atoms with Crippen LogP contribution in [0, 0.1) is 0 Å². The molecule has 1 aromatic heterocycles. The summed E-state index contributed by atoms with van der Waals surface area (Å²) >= 11 is 0. The summed E-state index contributed by atoms with van der Waals surface area (Å²) < 4.78 is 26.8. The maximum Gasteiger partial charge on any atom is 1.00 e. The van der Waals surface area contributed by atoms with E-state index in [0.29, 0.717) is 28.3 Å². The van der Waals surface area contributed by atoms with E-state index in [9.17, 15) is 23.8 Å². The van der Waals surface area contributed by atoms with Crippen LogP contribution >= 0.6 is 7.82 Å². The number of aromatic nitrogens is 1. The van der Waals surface area contributed by atoms with Crippen LogP contribution in [-0.2, 0) is 33.7 Å². The van der Waals surface area contributed by atoms with Gasteiger partial charge >= 0.3 is 43.4 Å². The smallest absolute Gasteiger partial charge is 0.746 e. The summed E-state index contributed by atoms with van der Waals surface area (Å²) in [6, 6.07) is 14.9. The number of nitrogens with zero attached hydrogens (tertiary/aromatic N) is 5. The number of fused-ring (bicyclic) bond motifs is 1. The van der Waals surface area contributed by atoms with E-state index in [1.165, 1.54) is 48.4 Å². The van der Waals surface area contributed by atoms with Gasteiger partial charge in [0.05, 0.1) is 39.5 Å². The zero-order valence-corrected chi connectivity index (χ0v) is 30.3. The van der Waals surface area contributed by atoms with Crippen molar-refractivity contribution in [2.75, 3.05) is 33.9 Å². The van der Waals surface area contributed by atoms with Gasteiger partial charge in [-0.25, -0.2) is 14.8 Å². The number of piperazine rings is 1. The Morgan fingerprint density at radius 3 is 2.51 bits per heavy atom. The van der Waals surface area contributed by atoms with Crippen LogP contribution in [0.1, 0.15) is 16.8 Å². The topological polar surface area (TPSA) is 177 Å². The van der Waals surface area contributed by atoms with Crippen LogP contribution < -0.4 is 53.8 Å². The van der Waals surface area contributed by atoms with E-state index in [1.54, 1.807) is 52.5 Å². The van der Waals surface area contributed by atoms with E-state index < -0.39 is 26.1 Å². The molecule has 0 bridgehead atoms. The molecule has 2 saturated heterocycles. The zero-order chi connectivity index (χ0) is 34.4. The number of carbonyl (C=O) groups is 3. The van der Waals surface area contributed by atoms with E-state index >= 15 is 0 Å². The number of methoxy groups -OCH3 is 2. The molecule has 2 aliphatic rings. The van der Waals surface area contributed by atoms with Crippen LogP contribution in [-0.4, -0.2) is 93.6 Å². The summed E-state index contributed by atoms with van der Waals surface area (Å²) in [6.07, 6.45) is 2.34. The number of para-hydroxylation sites is 1. The molecule has 3 heterocycles. The van der Waals surface area contributed by atoms with Crippen molar-refractivity contribution in [3.63, 3.8) is 0 Å². The number of amides is 4. The van der Waals surface area contributed by atoms with Crippen molar-refractivity contribution in [3.05, 3.63) is 96.3 Å². The van der Waals surface area contributed by atoms with Gasteiger partial charge in [-0.15, -0.1) is 6.58 Å². The second-order valence-corrected chi connectivity index (χ2v) is 12.2. The predicted molar refractivity (Wildman–Crippen MR) is 170 cm³/mol. The molecule has 2 N–H and O–H groups in total. The van der Waals surface area contributed by atoms with Crippen molar-refractivity contribution in [1.82, 2.24) is 30.1 Å². The summed E-state index contributed by atoms with van der Waals surface area (Å²) in [5.74, 6) is 0.0743. The summed E-state index contributed by atoms with van der Waals surface area (Å²) in [6.45, 7) is 4.00. The summed E-state index contributed by atoms with van der Waals surface area (Å²) in [7, 11) is -2.01. The van der Waals surface area contributed by atoms with E-state index in [1.807, 2.05) is 6.07 Å². The quantitative estimate of drug-likeness (QED) is 0.130. The molecule has 4 amide bonds. The van der Waals surface area contributed by atoms with Crippen LogP contribution in [0.4, 0.5) is 4.79 Å². The van der Waals surface area contributed by atoms with Gasteiger partial charge in [0.25, 0.3) is 0 Å². The van der Waals surface area contributed by atoms with E-state index in [2.05, 4.69) is 21.4 Å². The van der Waals surface area contributed by atoms with Crippen molar-refractivity contribution in [2.45, 2.75) is 31.7 Å². The third kappa shape index (κ3) is 9.00. The normalized spacial score (nSPS) is 18.9. The second kappa shape index (κ2) is 16.6. The van der Waals surface area contributed by atoms with E-state index in [4.69, 9.17) is 14.4 Å². The number of ether oxygens (including phenoxy) is 2. The first kappa shape index (κ1) is 37.9. The average Bonchev–Trinajstić information content (AvgIpc) is 3.06. The van der Waals surface area contributed by atoms with Crippen LogP contribution in [0.3, 0.4) is 0 Å². The first-order valence-electron chi connectivity index (χ1n) is 15.0. The van der Waals surface area contributed by atoms with Gasteiger partial charge in [-0.05, 0) is 35.9 Å². The first-order valence-corrected chi connectivity index (χ1v) is 16.5. The minimum Gasteiger partial charge on any atom is -0.746 e. The number of hydrogen-bond donors (Lipinski definition) is 2. The van der Waals surface area contributed by atoms with Gasteiger partial charge in [0.15, 0.2) is 11.5 Å². The Balaban J connectivity index is 0.00000541. The molecule has 0 aliphatic carbocycles. The van der Waals surface area contributed by atoms with Crippen molar-refractivity contribution < 1.29 is 72.3 Å². The zero-order valence-electron chi connectivity index (χ0n) is 27.4. The molecule has 254 valence electrons. The molecule has 49 heavy (non-hydrogen) atoms.